The molecule has 0 amide bonds. The maximum absolute atomic E-state index is 5.17. The molecule has 0 unspecified atom stereocenters. The van der Waals surface area contributed by atoms with Gasteiger partial charge in [0.1, 0.15) is 0 Å². The number of hydrogen-bond donors (Lipinski definition) is 1. The second-order valence-electron chi connectivity index (χ2n) is 1.55. The van der Waals surface area contributed by atoms with E-state index >= 15 is 0 Å². The second kappa shape index (κ2) is 2.80. The fourth-order valence-electron chi connectivity index (χ4n) is 0.469. The van der Waals surface area contributed by atoms with Crippen molar-refractivity contribution in [2.45, 2.75) is 13.5 Å². The van der Waals surface area contributed by atoms with Crippen molar-refractivity contribution >= 4 is 11.8 Å². The maximum atomic E-state index is 5.17. The van der Waals surface area contributed by atoms with E-state index in [4.69, 9.17) is 16.3 Å². The van der Waals surface area contributed by atoms with Gasteiger partial charge in [-0.1, -0.05) is 5.16 Å². The van der Waals surface area contributed by atoms with E-state index < -0.39 is 0 Å². The molecule has 0 spiro atoms. The van der Waals surface area contributed by atoms with Crippen LogP contribution < -0.4 is 4.84 Å². The van der Waals surface area contributed by atoms with E-state index in [0.29, 0.717) is 18.3 Å². The number of rotatable bonds is 2. The molecular weight excluding hydrogens is 142 g/mol. The van der Waals surface area contributed by atoms with Crippen molar-refractivity contribution in [1.82, 2.24) is 15.0 Å². The first-order chi connectivity index (χ1) is 4.33. The zero-order chi connectivity index (χ0) is 6.69. The number of aryl methyl sites for hydroxylation is 1. The second-order valence-corrected chi connectivity index (χ2v) is 1.81. The van der Waals surface area contributed by atoms with E-state index in [2.05, 4.69) is 15.0 Å². The predicted molar refractivity (Wildman–Crippen MR) is 31.7 cm³/mol. The Hall–Kier alpha value is -0.610. The maximum Gasteiger partial charge on any atom is 0.241 e. The fourth-order valence-corrected chi connectivity index (χ4v) is 0.583. The lowest BCUT2D eigenvalue weighted by molar-refractivity contribution is 0.373. The zero-order valence-electron chi connectivity index (χ0n) is 4.89. The molecule has 1 aromatic heterocycles. The zero-order valence-corrected chi connectivity index (χ0v) is 5.64. The molecule has 5 heteroatoms. The number of halogens is 1. The Morgan fingerprint density at radius 2 is 2.56 bits per heavy atom. The van der Waals surface area contributed by atoms with Crippen LogP contribution in [-0.4, -0.2) is 10.1 Å². The lowest BCUT2D eigenvalue weighted by Gasteiger charge is -1.83. The average Bonchev–Trinajstić information content (AvgIpc) is 2.17. The Labute approximate surface area is 57.3 Å². The van der Waals surface area contributed by atoms with Gasteiger partial charge in [0.15, 0.2) is 5.82 Å². The van der Waals surface area contributed by atoms with Crippen LogP contribution in [0.1, 0.15) is 11.7 Å². The summed E-state index contributed by atoms with van der Waals surface area (Å²) in [6.07, 6.45) is 0. The van der Waals surface area contributed by atoms with Gasteiger partial charge in [0.2, 0.25) is 5.89 Å². The number of hydrogen-bond acceptors (Lipinski definition) is 4. The molecule has 0 aliphatic rings. The highest BCUT2D eigenvalue weighted by Crippen LogP contribution is 1.93. The minimum absolute atomic E-state index is 0.405. The lowest BCUT2D eigenvalue weighted by atomic mass is 10.6. The van der Waals surface area contributed by atoms with Gasteiger partial charge < -0.3 is 4.52 Å². The molecule has 1 aromatic rings. The normalized spacial score (nSPS) is 10.0. The Balaban J connectivity index is 2.61. The molecule has 0 radical (unpaired) electrons. The largest absolute Gasteiger partial charge is 0.338 e. The van der Waals surface area contributed by atoms with Crippen LogP contribution in [0.3, 0.4) is 0 Å². The van der Waals surface area contributed by atoms with E-state index in [9.17, 15) is 0 Å². The molecule has 50 valence electrons. The van der Waals surface area contributed by atoms with Gasteiger partial charge >= 0.3 is 0 Å². The molecular formula is C4H6ClN3O. The molecule has 0 aliphatic heterocycles. The highest BCUT2D eigenvalue weighted by Gasteiger charge is 1.98. The van der Waals surface area contributed by atoms with Crippen LogP contribution in [0, 0.1) is 6.92 Å². The SMILES string of the molecule is Cc1noc(CNCl)n1. The van der Waals surface area contributed by atoms with E-state index in [1.165, 1.54) is 0 Å². The van der Waals surface area contributed by atoms with Gasteiger partial charge in [0.25, 0.3) is 0 Å². The molecule has 9 heavy (non-hydrogen) atoms. The average molecular weight is 148 g/mol. The van der Waals surface area contributed by atoms with Crippen LogP contribution >= 0.6 is 11.8 Å². The molecule has 0 bridgehead atoms. The summed E-state index contributed by atoms with van der Waals surface area (Å²) >= 11 is 5.17. The van der Waals surface area contributed by atoms with Crippen molar-refractivity contribution in [1.29, 1.82) is 0 Å². The van der Waals surface area contributed by atoms with Crippen molar-refractivity contribution in [3.05, 3.63) is 11.7 Å². The minimum atomic E-state index is 0.405. The molecule has 0 saturated heterocycles. The molecule has 0 fully saturated rings. The van der Waals surface area contributed by atoms with Gasteiger partial charge in [-0.05, 0) is 18.7 Å². The summed E-state index contributed by atoms with van der Waals surface area (Å²) in [5, 5.41) is 3.55. The summed E-state index contributed by atoms with van der Waals surface area (Å²) < 4.78 is 4.70. The third-order valence-electron chi connectivity index (χ3n) is 0.788. The van der Waals surface area contributed by atoms with Crippen LogP contribution in [-0.2, 0) is 6.54 Å². The topological polar surface area (TPSA) is 51.0 Å². The predicted octanol–water partition coefficient (Wildman–Crippen LogP) is 0.621. The van der Waals surface area contributed by atoms with Crippen molar-refractivity contribution in [2.24, 2.45) is 0 Å². The molecule has 0 atom stereocenters. The Bertz CT molecular complexity index is 188. The Kier molecular flexibility index (Phi) is 2.02. The first-order valence-corrected chi connectivity index (χ1v) is 2.83. The van der Waals surface area contributed by atoms with Crippen molar-refractivity contribution < 1.29 is 4.52 Å². The first-order valence-electron chi connectivity index (χ1n) is 2.45. The highest BCUT2D eigenvalue weighted by atomic mass is 35.5. The molecule has 0 aromatic carbocycles. The third-order valence-corrected chi connectivity index (χ3v) is 0.921. The van der Waals surface area contributed by atoms with Crippen LogP contribution in [0.25, 0.3) is 0 Å². The summed E-state index contributed by atoms with van der Waals surface area (Å²) in [4.78, 5) is 6.25. The molecule has 1 rings (SSSR count). The van der Waals surface area contributed by atoms with Gasteiger partial charge in [-0.25, -0.2) is 4.84 Å². The number of nitrogens with zero attached hydrogens (tertiary/aromatic N) is 2. The smallest absolute Gasteiger partial charge is 0.241 e. The summed E-state index contributed by atoms with van der Waals surface area (Å²) in [5.74, 6) is 1.12. The number of aromatic nitrogens is 2. The van der Waals surface area contributed by atoms with E-state index in [0.717, 1.165) is 0 Å². The molecule has 4 nitrogen and oxygen atoms in total. The quantitative estimate of drug-likeness (QED) is 0.624. The van der Waals surface area contributed by atoms with Gasteiger partial charge in [0, 0.05) is 0 Å². The minimum Gasteiger partial charge on any atom is -0.338 e. The summed E-state index contributed by atoms with van der Waals surface area (Å²) in [5.41, 5.74) is 0. The van der Waals surface area contributed by atoms with Crippen LogP contribution in [0.4, 0.5) is 0 Å². The molecule has 0 saturated carbocycles. The summed E-state index contributed by atoms with van der Waals surface area (Å²) in [6, 6.07) is 0. The third kappa shape index (κ3) is 1.65. The van der Waals surface area contributed by atoms with Gasteiger partial charge in [-0.15, -0.1) is 0 Å². The molecule has 1 heterocycles. The monoisotopic (exact) mass is 147 g/mol. The molecule has 0 aliphatic carbocycles. The van der Waals surface area contributed by atoms with E-state index in [1.807, 2.05) is 0 Å². The van der Waals surface area contributed by atoms with E-state index in [1.54, 1.807) is 6.92 Å². The van der Waals surface area contributed by atoms with Crippen molar-refractivity contribution in [2.75, 3.05) is 0 Å². The van der Waals surface area contributed by atoms with Gasteiger partial charge in [-0.3, -0.25) is 0 Å². The van der Waals surface area contributed by atoms with Crippen LogP contribution in [0.2, 0.25) is 0 Å². The number of nitrogens with one attached hydrogen (secondary N) is 1. The summed E-state index contributed by atoms with van der Waals surface area (Å²) in [6.45, 7) is 2.16. The molecule has 1 N–H and O–H groups in total. The summed E-state index contributed by atoms with van der Waals surface area (Å²) in [7, 11) is 0. The lowest BCUT2D eigenvalue weighted by Crippen LogP contribution is -1.97. The highest BCUT2D eigenvalue weighted by molar-refractivity contribution is 6.13. The van der Waals surface area contributed by atoms with Crippen LogP contribution in [0.5, 0.6) is 0 Å². The Morgan fingerprint density at radius 1 is 1.78 bits per heavy atom. The van der Waals surface area contributed by atoms with Crippen LogP contribution in [0.15, 0.2) is 4.52 Å². The Morgan fingerprint density at radius 3 is 3.00 bits per heavy atom. The van der Waals surface area contributed by atoms with Crippen molar-refractivity contribution in [3.63, 3.8) is 0 Å². The van der Waals surface area contributed by atoms with Crippen molar-refractivity contribution in [3.8, 4) is 0 Å². The van der Waals surface area contributed by atoms with Gasteiger partial charge in [0.05, 0.1) is 6.54 Å². The fraction of sp³-hybridized carbons (Fsp3) is 0.500. The standard InChI is InChI=1S/C4H6ClN3O/c1-3-7-4(2-6-5)9-8-3/h6H,2H2,1H3. The van der Waals surface area contributed by atoms with E-state index in [-0.39, 0.29) is 0 Å². The van der Waals surface area contributed by atoms with Gasteiger partial charge in [-0.2, -0.15) is 4.98 Å². The first kappa shape index (κ1) is 6.51.